The molecule has 0 spiro atoms. The van der Waals surface area contributed by atoms with E-state index in [1.807, 2.05) is 19.9 Å². The molecule has 3 aromatic rings. The van der Waals surface area contributed by atoms with Crippen LogP contribution >= 0.6 is 23.1 Å². The first kappa shape index (κ1) is 23.6. The number of fused-ring (bicyclic) bond motifs is 3. The number of hydrogen-bond acceptors (Lipinski definition) is 6. The topological polar surface area (TPSA) is 66.1 Å². The molecule has 3 aromatic heterocycles. The maximum Gasteiger partial charge on any atom is 0.263 e. The minimum absolute atomic E-state index is 0.00556. The monoisotopic (exact) mass is 497 g/mol. The fourth-order valence-corrected chi connectivity index (χ4v) is 7.38. The SMILES string of the molecule is C=CCn1c(SCC(=O)c2cc(C)n(CC3CCCO3)c2C)nc2sc3c(c2c1=O)CCCC3. The maximum absolute atomic E-state index is 13.4. The summed E-state index contributed by atoms with van der Waals surface area (Å²) < 4.78 is 9.67. The number of aryl methyl sites for hydroxylation is 3. The molecule has 1 fully saturated rings. The van der Waals surface area contributed by atoms with Gasteiger partial charge in [-0.05, 0) is 64.0 Å². The molecule has 1 aliphatic heterocycles. The highest BCUT2D eigenvalue weighted by Crippen LogP contribution is 2.35. The Balaban J connectivity index is 1.40. The van der Waals surface area contributed by atoms with Gasteiger partial charge in [0, 0.05) is 41.5 Å². The van der Waals surface area contributed by atoms with Crippen LogP contribution in [0.3, 0.4) is 0 Å². The van der Waals surface area contributed by atoms with Gasteiger partial charge in [-0.25, -0.2) is 4.98 Å². The Morgan fingerprint density at radius 1 is 1.29 bits per heavy atom. The van der Waals surface area contributed by atoms with E-state index in [0.29, 0.717) is 11.7 Å². The van der Waals surface area contributed by atoms with Gasteiger partial charge in [-0.2, -0.15) is 0 Å². The minimum Gasteiger partial charge on any atom is -0.376 e. The summed E-state index contributed by atoms with van der Waals surface area (Å²) in [5, 5.41) is 1.37. The van der Waals surface area contributed by atoms with Crippen LogP contribution in [0.4, 0.5) is 0 Å². The van der Waals surface area contributed by atoms with Crippen molar-refractivity contribution < 1.29 is 9.53 Å². The van der Waals surface area contributed by atoms with E-state index in [0.717, 1.165) is 72.4 Å². The van der Waals surface area contributed by atoms with Crippen molar-refractivity contribution in [2.75, 3.05) is 12.4 Å². The van der Waals surface area contributed by atoms with Gasteiger partial charge in [0.15, 0.2) is 10.9 Å². The van der Waals surface area contributed by atoms with Gasteiger partial charge < -0.3 is 9.30 Å². The third-order valence-corrected chi connectivity index (χ3v) is 9.13. The van der Waals surface area contributed by atoms with Crippen molar-refractivity contribution in [2.45, 2.75) is 76.7 Å². The molecule has 5 rings (SSSR count). The van der Waals surface area contributed by atoms with Gasteiger partial charge >= 0.3 is 0 Å². The van der Waals surface area contributed by atoms with Crippen LogP contribution in [0.1, 0.15) is 57.9 Å². The number of allylic oxidation sites excluding steroid dienone is 1. The standard InChI is InChI=1S/C26H31N3O3S2/c1-4-11-28-25(31)23-19-9-5-6-10-22(19)34-24(23)27-26(28)33-15-21(30)20-13-16(2)29(17(20)3)14-18-8-7-12-32-18/h4,13,18H,1,5-12,14-15H2,2-3H3. The lowest BCUT2D eigenvalue weighted by Crippen LogP contribution is -2.23. The molecule has 0 saturated carbocycles. The van der Waals surface area contributed by atoms with Crippen molar-refractivity contribution in [3.63, 3.8) is 0 Å². The fourth-order valence-electron chi connectivity index (χ4n) is 5.18. The van der Waals surface area contributed by atoms with Crippen molar-refractivity contribution in [3.05, 3.63) is 56.5 Å². The Hall–Kier alpha value is -2.16. The van der Waals surface area contributed by atoms with Crippen LogP contribution in [0.25, 0.3) is 10.2 Å². The summed E-state index contributed by atoms with van der Waals surface area (Å²) in [6.07, 6.45) is 8.38. The number of ketones is 1. The molecule has 0 radical (unpaired) electrons. The minimum atomic E-state index is -0.00556. The van der Waals surface area contributed by atoms with E-state index in [4.69, 9.17) is 9.72 Å². The number of nitrogens with zero attached hydrogens (tertiary/aromatic N) is 3. The summed E-state index contributed by atoms with van der Waals surface area (Å²) >= 11 is 2.99. The fraction of sp³-hybridized carbons (Fsp3) is 0.500. The van der Waals surface area contributed by atoms with Crippen LogP contribution in [-0.2, 0) is 30.7 Å². The number of aromatic nitrogens is 3. The molecule has 1 atom stereocenters. The van der Waals surface area contributed by atoms with Crippen LogP contribution in [0.5, 0.6) is 0 Å². The molecule has 0 amide bonds. The van der Waals surface area contributed by atoms with Gasteiger partial charge in [-0.3, -0.25) is 14.2 Å². The van der Waals surface area contributed by atoms with E-state index in [2.05, 4.69) is 11.1 Å². The Morgan fingerprint density at radius 3 is 2.88 bits per heavy atom. The van der Waals surface area contributed by atoms with Gasteiger partial charge in [0.25, 0.3) is 5.56 Å². The average molecular weight is 498 g/mol. The van der Waals surface area contributed by atoms with Crippen molar-refractivity contribution in [2.24, 2.45) is 0 Å². The molecular formula is C26H31N3O3S2. The van der Waals surface area contributed by atoms with E-state index in [1.54, 1.807) is 22.0 Å². The first-order chi connectivity index (χ1) is 16.5. The summed E-state index contributed by atoms with van der Waals surface area (Å²) in [4.78, 5) is 33.6. The molecule has 0 aromatic carbocycles. The van der Waals surface area contributed by atoms with Crippen molar-refractivity contribution in [1.29, 1.82) is 0 Å². The Labute approximate surface area is 208 Å². The second kappa shape index (κ2) is 9.84. The van der Waals surface area contributed by atoms with E-state index in [1.165, 1.54) is 28.6 Å². The lowest BCUT2D eigenvalue weighted by molar-refractivity contribution is 0.0957. The van der Waals surface area contributed by atoms with Gasteiger partial charge in [-0.15, -0.1) is 17.9 Å². The predicted octanol–water partition coefficient (Wildman–Crippen LogP) is 5.10. The van der Waals surface area contributed by atoms with Gasteiger partial charge in [0.2, 0.25) is 0 Å². The Bertz CT molecular complexity index is 1310. The van der Waals surface area contributed by atoms with E-state index < -0.39 is 0 Å². The van der Waals surface area contributed by atoms with Gasteiger partial charge in [-0.1, -0.05) is 17.8 Å². The number of rotatable bonds is 8. The van der Waals surface area contributed by atoms with Crippen LogP contribution < -0.4 is 5.56 Å². The van der Waals surface area contributed by atoms with Crippen LogP contribution in [-0.4, -0.2) is 38.4 Å². The number of carbonyl (C=O) groups excluding carboxylic acids is 1. The van der Waals surface area contributed by atoms with Crippen molar-refractivity contribution >= 4 is 39.1 Å². The summed E-state index contributed by atoms with van der Waals surface area (Å²) in [6, 6.07) is 1.98. The molecule has 180 valence electrons. The molecule has 4 heterocycles. The normalized spacial score (nSPS) is 17.9. The first-order valence-corrected chi connectivity index (χ1v) is 13.9. The number of thioether (sulfide) groups is 1. The molecule has 6 nitrogen and oxygen atoms in total. The van der Waals surface area contributed by atoms with Crippen molar-refractivity contribution in [3.8, 4) is 0 Å². The molecule has 0 N–H and O–H groups in total. The van der Waals surface area contributed by atoms with Crippen LogP contribution in [0.2, 0.25) is 0 Å². The second-order valence-electron chi connectivity index (χ2n) is 9.23. The zero-order valence-corrected chi connectivity index (χ0v) is 21.5. The third kappa shape index (κ3) is 4.32. The van der Waals surface area contributed by atoms with Crippen LogP contribution in [0.15, 0.2) is 28.7 Å². The highest BCUT2D eigenvalue weighted by Gasteiger charge is 2.24. The lowest BCUT2D eigenvalue weighted by Gasteiger charge is -2.15. The second-order valence-corrected chi connectivity index (χ2v) is 11.3. The molecule has 8 heteroatoms. The largest absolute Gasteiger partial charge is 0.376 e. The number of Topliss-reactive ketones (excluding diaryl/α,β-unsaturated/α-hetero) is 1. The lowest BCUT2D eigenvalue weighted by atomic mass is 9.97. The molecule has 2 aliphatic rings. The summed E-state index contributed by atoms with van der Waals surface area (Å²) in [7, 11) is 0. The summed E-state index contributed by atoms with van der Waals surface area (Å²) in [5.41, 5.74) is 3.99. The molecule has 1 aliphatic carbocycles. The van der Waals surface area contributed by atoms with E-state index in [9.17, 15) is 9.59 Å². The maximum atomic E-state index is 13.4. The Morgan fingerprint density at radius 2 is 2.12 bits per heavy atom. The number of carbonyl (C=O) groups is 1. The zero-order valence-electron chi connectivity index (χ0n) is 19.9. The summed E-state index contributed by atoms with van der Waals surface area (Å²) in [6.45, 7) is 9.88. The number of thiophene rings is 1. The first-order valence-electron chi connectivity index (χ1n) is 12.1. The molecule has 0 bridgehead atoms. The molecule has 34 heavy (non-hydrogen) atoms. The quantitative estimate of drug-likeness (QED) is 0.188. The van der Waals surface area contributed by atoms with Gasteiger partial charge in [0.05, 0.1) is 17.2 Å². The smallest absolute Gasteiger partial charge is 0.263 e. The zero-order chi connectivity index (χ0) is 23.8. The summed E-state index contributed by atoms with van der Waals surface area (Å²) in [5.74, 6) is 0.298. The van der Waals surface area contributed by atoms with E-state index >= 15 is 0 Å². The number of ether oxygens (including phenoxy) is 1. The van der Waals surface area contributed by atoms with Crippen molar-refractivity contribution in [1.82, 2.24) is 14.1 Å². The van der Waals surface area contributed by atoms with Crippen LogP contribution in [0, 0.1) is 13.8 Å². The Kier molecular flexibility index (Phi) is 6.82. The third-order valence-electron chi connectivity index (χ3n) is 6.97. The predicted molar refractivity (Wildman–Crippen MR) is 139 cm³/mol. The number of hydrogen-bond donors (Lipinski definition) is 0. The molecular weight excluding hydrogens is 466 g/mol. The highest BCUT2D eigenvalue weighted by atomic mass is 32.2. The molecule has 1 saturated heterocycles. The average Bonchev–Trinajstić information content (AvgIpc) is 3.54. The van der Waals surface area contributed by atoms with E-state index in [-0.39, 0.29) is 23.2 Å². The molecule has 1 unspecified atom stereocenters. The highest BCUT2D eigenvalue weighted by molar-refractivity contribution is 7.99. The van der Waals surface area contributed by atoms with Gasteiger partial charge in [0.1, 0.15) is 4.83 Å².